The Balaban J connectivity index is 1.87. The Morgan fingerprint density at radius 2 is 1.48 bits per heavy atom. The van der Waals surface area contributed by atoms with Gasteiger partial charge >= 0.3 is 11.9 Å². The maximum absolute atomic E-state index is 11.3. The molecule has 0 amide bonds. The maximum atomic E-state index is 11.3. The van der Waals surface area contributed by atoms with Crippen LogP contribution in [0.1, 0.15) is 26.3 Å². The lowest BCUT2D eigenvalue weighted by molar-refractivity contribution is 0.0686. The largest absolute Gasteiger partial charge is 0.478 e. The first-order valence-electron chi connectivity index (χ1n) is 8.74. The van der Waals surface area contributed by atoms with E-state index >= 15 is 0 Å². The quantitative estimate of drug-likeness (QED) is 0.496. The molecule has 3 aromatic carbocycles. The van der Waals surface area contributed by atoms with E-state index < -0.39 is 11.9 Å². The molecule has 0 atom stereocenters. The third kappa shape index (κ3) is 3.70. The molecule has 0 aliphatic rings. The van der Waals surface area contributed by atoms with Crippen LogP contribution in [0.2, 0.25) is 5.02 Å². The molecule has 7 heteroatoms. The molecule has 0 spiro atoms. The molecule has 1 heterocycles. The van der Waals surface area contributed by atoms with Gasteiger partial charge in [-0.2, -0.15) is 0 Å². The second kappa shape index (κ2) is 7.41. The van der Waals surface area contributed by atoms with E-state index in [1.807, 2.05) is 16.7 Å². The minimum atomic E-state index is -1.02. The van der Waals surface area contributed by atoms with Crippen LogP contribution in [-0.2, 0) is 6.54 Å². The monoisotopic (exact) mass is 406 g/mol. The summed E-state index contributed by atoms with van der Waals surface area (Å²) in [7, 11) is 0. The highest BCUT2D eigenvalue weighted by Crippen LogP contribution is 2.27. The first-order chi connectivity index (χ1) is 13.9. The second-order valence-electron chi connectivity index (χ2n) is 6.54. The number of carboxylic acids is 2. The number of nitrogens with zero attached hydrogens (tertiary/aromatic N) is 2. The van der Waals surface area contributed by atoms with Gasteiger partial charge in [0.2, 0.25) is 0 Å². The molecular weight excluding hydrogens is 392 g/mol. The van der Waals surface area contributed by atoms with Crippen molar-refractivity contribution in [3.05, 3.63) is 88.4 Å². The highest BCUT2D eigenvalue weighted by atomic mass is 35.5. The molecule has 1 aromatic heterocycles. The molecule has 4 rings (SSSR count). The first-order valence-corrected chi connectivity index (χ1v) is 9.12. The predicted molar refractivity (Wildman–Crippen MR) is 110 cm³/mol. The minimum absolute atomic E-state index is 0.154. The number of hydrogen-bond donors (Lipinski definition) is 2. The number of carboxylic acid groups (broad SMARTS) is 2. The fourth-order valence-electron chi connectivity index (χ4n) is 3.18. The van der Waals surface area contributed by atoms with Gasteiger partial charge in [0.15, 0.2) is 0 Å². The summed E-state index contributed by atoms with van der Waals surface area (Å²) in [6, 6.07) is 18.7. The van der Waals surface area contributed by atoms with Crippen LogP contribution < -0.4 is 0 Å². The molecule has 0 saturated carbocycles. The molecule has 29 heavy (non-hydrogen) atoms. The third-order valence-electron chi connectivity index (χ3n) is 4.64. The fourth-order valence-corrected chi connectivity index (χ4v) is 3.30. The highest BCUT2D eigenvalue weighted by Gasteiger charge is 2.16. The standard InChI is InChI=1S/C22H15ClN2O4/c23-17-8-1-13(2-9-17)12-25-19-10-7-16(22(28)29)11-18(19)24-20(25)14-3-5-15(6-4-14)21(26)27/h1-11H,12H2,(H,26,27)(H,28,29). The second-order valence-corrected chi connectivity index (χ2v) is 6.98. The van der Waals surface area contributed by atoms with Gasteiger partial charge in [0.25, 0.3) is 0 Å². The summed E-state index contributed by atoms with van der Waals surface area (Å²) < 4.78 is 1.97. The number of imidazole rings is 1. The first kappa shape index (κ1) is 18.7. The van der Waals surface area contributed by atoms with Crippen molar-refractivity contribution in [2.75, 3.05) is 0 Å². The van der Waals surface area contributed by atoms with Crippen molar-refractivity contribution in [3.63, 3.8) is 0 Å². The zero-order valence-electron chi connectivity index (χ0n) is 15.0. The Morgan fingerprint density at radius 3 is 2.10 bits per heavy atom. The van der Waals surface area contributed by atoms with Crippen LogP contribution in [0.15, 0.2) is 66.7 Å². The average molecular weight is 407 g/mol. The Morgan fingerprint density at radius 1 is 0.862 bits per heavy atom. The van der Waals surface area contributed by atoms with Crippen LogP contribution in [0.5, 0.6) is 0 Å². The third-order valence-corrected chi connectivity index (χ3v) is 4.89. The highest BCUT2D eigenvalue weighted by molar-refractivity contribution is 6.30. The number of carbonyl (C=O) groups is 2. The van der Waals surface area contributed by atoms with Gasteiger partial charge in [-0.3, -0.25) is 0 Å². The number of fused-ring (bicyclic) bond motifs is 1. The topological polar surface area (TPSA) is 92.4 Å². The summed E-state index contributed by atoms with van der Waals surface area (Å²) in [6.07, 6.45) is 0. The smallest absolute Gasteiger partial charge is 0.335 e. The lowest BCUT2D eigenvalue weighted by Gasteiger charge is -2.10. The zero-order valence-corrected chi connectivity index (χ0v) is 15.8. The number of aromatic carboxylic acids is 2. The van der Waals surface area contributed by atoms with Gasteiger partial charge in [-0.05, 0) is 48.0 Å². The fraction of sp³-hybridized carbons (Fsp3) is 0.0455. The normalized spacial score (nSPS) is 10.9. The van der Waals surface area contributed by atoms with E-state index in [0.717, 1.165) is 16.6 Å². The molecule has 2 N–H and O–H groups in total. The molecule has 0 radical (unpaired) electrons. The van der Waals surface area contributed by atoms with Crippen LogP contribution in [0.25, 0.3) is 22.4 Å². The van der Waals surface area contributed by atoms with Crippen molar-refractivity contribution in [2.45, 2.75) is 6.54 Å². The number of halogens is 1. The van der Waals surface area contributed by atoms with E-state index in [2.05, 4.69) is 4.98 Å². The lowest BCUT2D eigenvalue weighted by Crippen LogP contribution is -2.03. The van der Waals surface area contributed by atoms with Gasteiger partial charge < -0.3 is 14.8 Å². The number of hydrogen-bond acceptors (Lipinski definition) is 3. The van der Waals surface area contributed by atoms with Crippen LogP contribution in [0.4, 0.5) is 0 Å². The molecule has 0 fully saturated rings. The minimum Gasteiger partial charge on any atom is -0.478 e. The van der Waals surface area contributed by atoms with Gasteiger partial charge in [-0.1, -0.05) is 35.9 Å². The molecule has 6 nitrogen and oxygen atoms in total. The van der Waals surface area contributed by atoms with Crippen molar-refractivity contribution in [2.24, 2.45) is 0 Å². The van der Waals surface area contributed by atoms with Gasteiger partial charge in [0.05, 0.1) is 22.2 Å². The molecule has 4 aromatic rings. The molecule has 0 aliphatic carbocycles. The Labute approximate surface area is 170 Å². The SMILES string of the molecule is O=C(O)c1ccc(-c2nc3cc(C(=O)O)ccc3n2Cc2ccc(Cl)cc2)cc1. The van der Waals surface area contributed by atoms with Gasteiger partial charge in [-0.25, -0.2) is 14.6 Å². The van der Waals surface area contributed by atoms with Crippen molar-refractivity contribution in [1.82, 2.24) is 9.55 Å². The number of rotatable bonds is 5. The molecule has 0 saturated heterocycles. The van der Waals surface area contributed by atoms with Gasteiger partial charge in [0.1, 0.15) is 5.82 Å². The molecule has 0 unspecified atom stereocenters. The van der Waals surface area contributed by atoms with E-state index in [-0.39, 0.29) is 11.1 Å². The molecule has 0 aliphatic heterocycles. The summed E-state index contributed by atoms with van der Waals surface area (Å²) in [5.41, 5.74) is 3.40. The Kier molecular flexibility index (Phi) is 4.78. The van der Waals surface area contributed by atoms with Crippen molar-refractivity contribution < 1.29 is 19.8 Å². The molecular formula is C22H15ClN2O4. The van der Waals surface area contributed by atoms with E-state index in [4.69, 9.17) is 16.7 Å². The summed E-state index contributed by atoms with van der Waals surface area (Å²) in [4.78, 5) is 27.1. The molecule has 144 valence electrons. The van der Waals surface area contributed by atoms with Crippen LogP contribution in [0, 0.1) is 0 Å². The van der Waals surface area contributed by atoms with E-state index in [1.54, 1.807) is 36.4 Å². The van der Waals surface area contributed by atoms with Crippen molar-refractivity contribution in [3.8, 4) is 11.4 Å². The van der Waals surface area contributed by atoms with Crippen LogP contribution in [0.3, 0.4) is 0 Å². The van der Waals surface area contributed by atoms with Crippen molar-refractivity contribution >= 4 is 34.6 Å². The van der Waals surface area contributed by atoms with E-state index in [9.17, 15) is 14.7 Å². The van der Waals surface area contributed by atoms with E-state index in [0.29, 0.717) is 22.9 Å². The van der Waals surface area contributed by atoms with Crippen LogP contribution >= 0.6 is 11.6 Å². The summed E-state index contributed by atoms with van der Waals surface area (Å²) in [5.74, 6) is -1.40. The lowest BCUT2D eigenvalue weighted by atomic mass is 10.1. The Hall–Kier alpha value is -3.64. The van der Waals surface area contributed by atoms with E-state index in [1.165, 1.54) is 18.2 Å². The predicted octanol–water partition coefficient (Wildman–Crippen LogP) is 4.80. The van der Waals surface area contributed by atoms with Gasteiger partial charge in [-0.15, -0.1) is 0 Å². The van der Waals surface area contributed by atoms with Crippen molar-refractivity contribution in [1.29, 1.82) is 0 Å². The summed E-state index contributed by atoms with van der Waals surface area (Å²) >= 11 is 5.98. The van der Waals surface area contributed by atoms with Crippen LogP contribution in [-0.4, -0.2) is 31.7 Å². The maximum Gasteiger partial charge on any atom is 0.335 e. The van der Waals surface area contributed by atoms with Gasteiger partial charge in [0, 0.05) is 17.1 Å². The zero-order chi connectivity index (χ0) is 20.5. The summed E-state index contributed by atoms with van der Waals surface area (Å²) in [5, 5.41) is 19.0. The Bertz CT molecular complexity index is 1230. The summed E-state index contributed by atoms with van der Waals surface area (Å²) in [6.45, 7) is 0.496. The molecule has 0 bridgehead atoms. The number of benzene rings is 3. The average Bonchev–Trinajstić information content (AvgIpc) is 3.07. The number of aromatic nitrogens is 2.